The SMILES string of the molecule is Cc1ccc(N2C(=O)[C@H](NC(C)(C)c3ccc(C4CC4)nc3)C[C@@H]2c2cccc(OC(F)(F)F)c2)cc1. The molecule has 0 unspecified atom stereocenters. The third-order valence-electron chi connectivity index (χ3n) is 7.13. The monoisotopic (exact) mass is 509 g/mol. The molecular weight excluding hydrogens is 479 g/mol. The maximum Gasteiger partial charge on any atom is 0.573 e. The lowest BCUT2D eigenvalue weighted by molar-refractivity contribution is -0.274. The van der Waals surface area contributed by atoms with E-state index in [-0.39, 0.29) is 11.7 Å². The van der Waals surface area contributed by atoms with Crippen molar-refractivity contribution in [2.45, 2.75) is 69.9 Å². The summed E-state index contributed by atoms with van der Waals surface area (Å²) >= 11 is 0. The zero-order valence-corrected chi connectivity index (χ0v) is 21.0. The molecule has 8 heteroatoms. The van der Waals surface area contributed by atoms with E-state index in [4.69, 9.17) is 0 Å². The number of pyridine rings is 1. The van der Waals surface area contributed by atoms with Gasteiger partial charge < -0.3 is 9.64 Å². The first-order valence-corrected chi connectivity index (χ1v) is 12.5. The average molecular weight is 510 g/mol. The van der Waals surface area contributed by atoms with Crippen LogP contribution in [0.4, 0.5) is 18.9 Å². The van der Waals surface area contributed by atoms with Gasteiger partial charge in [-0.1, -0.05) is 35.9 Å². The van der Waals surface area contributed by atoms with E-state index in [1.165, 1.54) is 31.0 Å². The Hall–Kier alpha value is -3.39. The van der Waals surface area contributed by atoms with Crippen molar-refractivity contribution < 1.29 is 22.7 Å². The van der Waals surface area contributed by atoms with E-state index >= 15 is 0 Å². The smallest absolute Gasteiger partial charge is 0.406 e. The Kier molecular flexibility index (Phi) is 6.48. The summed E-state index contributed by atoms with van der Waals surface area (Å²) in [5.41, 5.74) is 3.84. The molecule has 1 amide bonds. The van der Waals surface area contributed by atoms with Crippen LogP contribution in [0.25, 0.3) is 0 Å². The number of aromatic nitrogens is 1. The van der Waals surface area contributed by atoms with Gasteiger partial charge in [0.1, 0.15) is 5.75 Å². The summed E-state index contributed by atoms with van der Waals surface area (Å²) in [7, 11) is 0. The molecule has 0 bridgehead atoms. The van der Waals surface area contributed by atoms with Gasteiger partial charge in [0, 0.05) is 29.0 Å². The van der Waals surface area contributed by atoms with Crippen LogP contribution in [0.3, 0.4) is 0 Å². The predicted molar refractivity (Wildman–Crippen MR) is 135 cm³/mol. The summed E-state index contributed by atoms with van der Waals surface area (Å²) in [6, 6.07) is 16.5. The van der Waals surface area contributed by atoms with Crippen molar-refractivity contribution in [3.05, 3.63) is 89.2 Å². The van der Waals surface area contributed by atoms with Crippen molar-refractivity contribution >= 4 is 11.6 Å². The largest absolute Gasteiger partial charge is 0.573 e. The lowest BCUT2D eigenvalue weighted by Crippen LogP contribution is -2.47. The standard InChI is InChI=1S/C29H30F3N3O2/c1-18-7-12-22(13-8-18)35-26(20-5-4-6-23(15-20)37-29(30,31)32)16-25(27(35)36)34-28(2,3)21-11-14-24(33-17-21)19-9-10-19/h4-8,11-15,17,19,25-26,34H,9-10,16H2,1-3H3/t25-,26-/m1/s1. The summed E-state index contributed by atoms with van der Waals surface area (Å²) in [6.07, 6.45) is -0.184. The number of halogens is 3. The fraction of sp³-hybridized carbons (Fsp3) is 0.379. The van der Waals surface area contributed by atoms with Crippen LogP contribution >= 0.6 is 0 Å². The number of hydrogen-bond donors (Lipinski definition) is 1. The van der Waals surface area contributed by atoms with Crippen LogP contribution in [0.15, 0.2) is 66.9 Å². The second-order valence-corrected chi connectivity index (χ2v) is 10.5. The minimum Gasteiger partial charge on any atom is -0.406 e. The number of carbonyl (C=O) groups excluding carboxylic acids is 1. The fourth-order valence-electron chi connectivity index (χ4n) is 5.00. The highest BCUT2D eigenvalue weighted by Crippen LogP contribution is 2.41. The van der Waals surface area contributed by atoms with Gasteiger partial charge >= 0.3 is 6.36 Å². The lowest BCUT2D eigenvalue weighted by atomic mass is 9.93. The molecule has 5 nitrogen and oxygen atoms in total. The molecule has 194 valence electrons. The Morgan fingerprint density at radius 3 is 2.38 bits per heavy atom. The number of hydrogen-bond acceptors (Lipinski definition) is 4. The van der Waals surface area contributed by atoms with E-state index < -0.39 is 24.0 Å². The minimum absolute atomic E-state index is 0.133. The van der Waals surface area contributed by atoms with Crippen LogP contribution in [-0.2, 0) is 10.3 Å². The number of nitrogens with one attached hydrogen (secondary N) is 1. The van der Waals surface area contributed by atoms with Crippen molar-refractivity contribution in [1.82, 2.24) is 10.3 Å². The molecule has 0 radical (unpaired) electrons. The van der Waals surface area contributed by atoms with Gasteiger partial charge in [0.2, 0.25) is 5.91 Å². The first kappa shape index (κ1) is 25.3. The zero-order valence-electron chi connectivity index (χ0n) is 21.0. The molecule has 1 saturated carbocycles. The molecule has 1 saturated heterocycles. The molecule has 0 spiro atoms. The molecule has 1 aliphatic heterocycles. The van der Waals surface area contributed by atoms with Crippen molar-refractivity contribution in [1.29, 1.82) is 0 Å². The van der Waals surface area contributed by atoms with Gasteiger partial charge in [-0.05, 0) is 81.5 Å². The Bertz CT molecular complexity index is 1270. The highest BCUT2D eigenvalue weighted by Gasteiger charge is 2.43. The van der Waals surface area contributed by atoms with E-state index in [9.17, 15) is 18.0 Å². The van der Waals surface area contributed by atoms with Crippen molar-refractivity contribution in [2.24, 2.45) is 0 Å². The Labute approximate surface area is 214 Å². The first-order chi connectivity index (χ1) is 17.5. The molecule has 2 fully saturated rings. The number of amides is 1. The lowest BCUT2D eigenvalue weighted by Gasteiger charge is -2.30. The molecule has 2 aromatic carbocycles. The summed E-state index contributed by atoms with van der Waals surface area (Å²) in [5, 5.41) is 3.51. The molecule has 1 aromatic heterocycles. The number of alkyl halides is 3. The Balaban J connectivity index is 1.44. The third kappa shape index (κ3) is 5.64. The Morgan fingerprint density at radius 2 is 1.76 bits per heavy atom. The van der Waals surface area contributed by atoms with Crippen LogP contribution in [0.1, 0.15) is 67.5 Å². The molecule has 2 atom stereocenters. The summed E-state index contributed by atoms with van der Waals surface area (Å²) in [4.78, 5) is 20.1. The maximum atomic E-state index is 13.8. The van der Waals surface area contributed by atoms with Crippen LogP contribution in [0.5, 0.6) is 5.75 Å². The van der Waals surface area contributed by atoms with Crippen molar-refractivity contribution in [3.8, 4) is 5.75 Å². The summed E-state index contributed by atoms with van der Waals surface area (Å²) < 4.78 is 42.8. The molecule has 2 heterocycles. The fourth-order valence-corrected chi connectivity index (χ4v) is 5.00. The van der Waals surface area contributed by atoms with Crippen LogP contribution in [0.2, 0.25) is 0 Å². The number of ether oxygens (including phenoxy) is 1. The van der Waals surface area contributed by atoms with E-state index in [0.29, 0.717) is 23.6 Å². The van der Waals surface area contributed by atoms with Gasteiger partial charge in [0.25, 0.3) is 0 Å². The molecule has 1 N–H and O–H groups in total. The number of aryl methyl sites for hydroxylation is 1. The van der Waals surface area contributed by atoms with Gasteiger partial charge in [-0.25, -0.2) is 0 Å². The summed E-state index contributed by atoms with van der Waals surface area (Å²) in [5.74, 6) is 0.119. The summed E-state index contributed by atoms with van der Waals surface area (Å²) in [6.45, 7) is 5.98. The van der Waals surface area contributed by atoms with Crippen molar-refractivity contribution in [3.63, 3.8) is 0 Å². The highest BCUT2D eigenvalue weighted by molar-refractivity contribution is 6.00. The van der Waals surface area contributed by atoms with Gasteiger partial charge in [-0.15, -0.1) is 13.2 Å². The number of benzene rings is 2. The van der Waals surface area contributed by atoms with E-state index in [1.54, 1.807) is 11.0 Å². The van der Waals surface area contributed by atoms with Gasteiger partial charge in [-0.2, -0.15) is 0 Å². The zero-order chi connectivity index (χ0) is 26.4. The van der Waals surface area contributed by atoms with Crippen molar-refractivity contribution in [2.75, 3.05) is 4.90 Å². The molecule has 5 rings (SSSR count). The molecule has 1 aliphatic carbocycles. The normalized spacial score (nSPS) is 20.4. The number of anilines is 1. The van der Waals surface area contributed by atoms with Gasteiger partial charge in [-0.3, -0.25) is 15.1 Å². The topological polar surface area (TPSA) is 54.5 Å². The van der Waals surface area contributed by atoms with E-state index in [0.717, 1.165) is 16.8 Å². The second kappa shape index (κ2) is 9.49. The highest BCUT2D eigenvalue weighted by atomic mass is 19.4. The predicted octanol–water partition coefficient (Wildman–Crippen LogP) is 6.54. The average Bonchev–Trinajstić information content (AvgIpc) is 3.64. The van der Waals surface area contributed by atoms with Crippen LogP contribution in [-0.4, -0.2) is 23.3 Å². The van der Waals surface area contributed by atoms with E-state index in [2.05, 4.69) is 27.2 Å². The van der Waals surface area contributed by atoms with Crippen LogP contribution < -0.4 is 15.0 Å². The quantitative estimate of drug-likeness (QED) is 0.393. The number of nitrogens with zero attached hydrogens (tertiary/aromatic N) is 2. The van der Waals surface area contributed by atoms with Crippen LogP contribution in [0, 0.1) is 6.92 Å². The van der Waals surface area contributed by atoms with E-state index in [1.807, 2.05) is 51.2 Å². The first-order valence-electron chi connectivity index (χ1n) is 12.5. The minimum atomic E-state index is -4.79. The molecule has 2 aliphatic rings. The number of carbonyl (C=O) groups is 1. The Morgan fingerprint density at radius 1 is 1.03 bits per heavy atom. The second-order valence-electron chi connectivity index (χ2n) is 10.5. The van der Waals surface area contributed by atoms with Gasteiger partial charge in [0.15, 0.2) is 0 Å². The molecule has 3 aromatic rings. The van der Waals surface area contributed by atoms with Gasteiger partial charge in [0.05, 0.1) is 12.1 Å². The number of rotatable bonds is 7. The maximum absolute atomic E-state index is 13.8. The third-order valence-corrected chi connectivity index (χ3v) is 7.13. The molecule has 37 heavy (non-hydrogen) atoms. The molecular formula is C29H30F3N3O2.